The third-order valence-corrected chi connectivity index (χ3v) is 6.98. The SMILES string of the molecule is O=C(O)/C=C/C(=O)O.c1ccc(C2=NCC(C34CC5CC(CC(C5)C3)C4)N2)cc1. The number of hydrogen-bond acceptors (Lipinski definition) is 4. The topological polar surface area (TPSA) is 99.0 Å². The largest absolute Gasteiger partial charge is 0.478 e. The van der Waals surface area contributed by atoms with Gasteiger partial charge in [-0.1, -0.05) is 30.3 Å². The van der Waals surface area contributed by atoms with Crippen LogP contribution in [0.1, 0.15) is 44.1 Å². The number of aliphatic carboxylic acids is 2. The van der Waals surface area contributed by atoms with Crippen molar-refractivity contribution in [3.05, 3.63) is 48.0 Å². The van der Waals surface area contributed by atoms with Crippen LogP contribution in [0, 0.1) is 23.2 Å². The van der Waals surface area contributed by atoms with Gasteiger partial charge in [-0.05, 0) is 61.7 Å². The molecular formula is C23H28N2O4. The van der Waals surface area contributed by atoms with E-state index in [1.165, 1.54) is 44.1 Å². The summed E-state index contributed by atoms with van der Waals surface area (Å²) in [5.74, 6) is 1.70. The Kier molecular flexibility index (Phi) is 5.43. The Bertz CT molecular complexity index is 779. The highest BCUT2D eigenvalue weighted by atomic mass is 16.4. The minimum Gasteiger partial charge on any atom is -0.478 e. The van der Waals surface area contributed by atoms with E-state index in [0.717, 1.165) is 30.1 Å². The first kappa shape index (κ1) is 19.7. The molecule has 5 aliphatic rings. The van der Waals surface area contributed by atoms with Crippen molar-refractivity contribution in [2.24, 2.45) is 28.2 Å². The molecular weight excluding hydrogens is 368 g/mol. The number of carboxylic acids is 2. The molecule has 1 aromatic rings. The maximum Gasteiger partial charge on any atom is 0.328 e. The number of aliphatic imine (C=N–C) groups is 1. The number of carboxylic acid groups (broad SMARTS) is 2. The Morgan fingerprint density at radius 2 is 1.45 bits per heavy atom. The molecule has 154 valence electrons. The second-order valence-electron chi connectivity index (χ2n) is 9.04. The molecule has 4 aliphatic carbocycles. The zero-order chi connectivity index (χ0) is 20.4. The van der Waals surface area contributed by atoms with E-state index in [9.17, 15) is 9.59 Å². The maximum absolute atomic E-state index is 9.55. The summed E-state index contributed by atoms with van der Waals surface area (Å²) in [7, 11) is 0. The van der Waals surface area contributed by atoms with E-state index < -0.39 is 11.9 Å². The average Bonchev–Trinajstić information content (AvgIpc) is 3.18. The molecule has 0 spiro atoms. The van der Waals surface area contributed by atoms with Crippen LogP contribution in [0.4, 0.5) is 0 Å². The third kappa shape index (κ3) is 4.36. The minimum atomic E-state index is -1.26. The van der Waals surface area contributed by atoms with Gasteiger partial charge in [0.15, 0.2) is 0 Å². The van der Waals surface area contributed by atoms with Crippen molar-refractivity contribution in [1.29, 1.82) is 0 Å². The fourth-order valence-corrected chi connectivity index (χ4v) is 6.30. The van der Waals surface area contributed by atoms with Gasteiger partial charge in [0, 0.05) is 17.7 Å². The van der Waals surface area contributed by atoms with Crippen LogP contribution >= 0.6 is 0 Å². The van der Waals surface area contributed by atoms with Gasteiger partial charge < -0.3 is 15.5 Å². The number of rotatable bonds is 4. The summed E-state index contributed by atoms with van der Waals surface area (Å²) in [6.07, 6.45) is 10.1. The molecule has 4 bridgehead atoms. The minimum absolute atomic E-state index is 0.558. The van der Waals surface area contributed by atoms with Gasteiger partial charge in [-0.2, -0.15) is 0 Å². The molecule has 4 saturated carbocycles. The summed E-state index contributed by atoms with van der Waals surface area (Å²) < 4.78 is 0. The van der Waals surface area contributed by atoms with Crippen molar-refractivity contribution < 1.29 is 19.8 Å². The summed E-state index contributed by atoms with van der Waals surface area (Å²) in [4.78, 5) is 24.0. The lowest BCUT2D eigenvalue weighted by Gasteiger charge is -2.58. The quantitative estimate of drug-likeness (QED) is 0.678. The van der Waals surface area contributed by atoms with Crippen molar-refractivity contribution in [2.75, 3.05) is 6.54 Å². The Labute approximate surface area is 170 Å². The van der Waals surface area contributed by atoms with Crippen LogP contribution < -0.4 is 5.32 Å². The first-order chi connectivity index (χ1) is 13.9. The van der Waals surface area contributed by atoms with Gasteiger partial charge in [-0.3, -0.25) is 4.99 Å². The lowest BCUT2D eigenvalue weighted by atomic mass is 9.48. The predicted octanol–water partition coefficient (Wildman–Crippen LogP) is 3.33. The molecule has 6 nitrogen and oxygen atoms in total. The molecule has 29 heavy (non-hydrogen) atoms. The van der Waals surface area contributed by atoms with Gasteiger partial charge in [0.25, 0.3) is 0 Å². The number of hydrogen-bond donors (Lipinski definition) is 3. The van der Waals surface area contributed by atoms with Gasteiger partial charge in [-0.25, -0.2) is 9.59 Å². The van der Waals surface area contributed by atoms with Crippen molar-refractivity contribution in [1.82, 2.24) is 5.32 Å². The van der Waals surface area contributed by atoms with E-state index in [4.69, 9.17) is 15.2 Å². The highest BCUT2D eigenvalue weighted by Crippen LogP contribution is 2.61. The number of nitrogens with zero attached hydrogens (tertiary/aromatic N) is 1. The molecule has 4 fully saturated rings. The zero-order valence-electron chi connectivity index (χ0n) is 16.5. The lowest BCUT2D eigenvalue weighted by molar-refractivity contribution is -0.134. The molecule has 1 aliphatic heterocycles. The van der Waals surface area contributed by atoms with Gasteiger partial charge in [0.2, 0.25) is 0 Å². The summed E-state index contributed by atoms with van der Waals surface area (Å²) in [6.45, 7) is 0.996. The number of amidine groups is 1. The van der Waals surface area contributed by atoms with Gasteiger partial charge in [-0.15, -0.1) is 0 Å². The second kappa shape index (κ2) is 8.01. The van der Waals surface area contributed by atoms with Crippen LogP contribution in [0.2, 0.25) is 0 Å². The third-order valence-electron chi connectivity index (χ3n) is 6.98. The standard InChI is InChI=1S/C19H24N2.C4H4O4/c1-2-4-16(5-3-1)18-20-12-17(21-18)19-9-13-6-14(10-19)8-15(7-13)11-19;5-3(6)1-2-4(7)8/h1-5,13-15,17H,6-12H2,(H,20,21);1-2H,(H,5,6)(H,7,8)/b;2-1+. The molecule has 1 heterocycles. The summed E-state index contributed by atoms with van der Waals surface area (Å²) >= 11 is 0. The van der Waals surface area contributed by atoms with E-state index in [1.54, 1.807) is 0 Å². The van der Waals surface area contributed by atoms with Crippen LogP contribution in [0.3, 0.4) is 0 Å². The molecule has 0 saturated heterocycles. The normalized spacial score (nSPS) is 34.3. The number of benzene rings is 1. The van der Waals surface area contributed by atoms with E-state index in [0.29, 0.717) is 23.6 Å². The summed E-state index contributed by atoms with van der Waals surface area (Å²) in [5, 5.41) is 19.4. The van der Waals surface area contributed by atoms with Gasteiger partial charge in [0.1, 0.15) is 5.84 Å². The molecule has 6 heteroatoms. The molecule has 1 unspecified atom stereocenters. The van der Waals surface area contributed by atoms with E-state index in [1.807, 2.05) is 0 Å². The monoisotopic (exact) mass is 396 g/mol. The molecule has 3 N–H and O–H groups in total. The van der Waals surface area contributed by atoms with Crippen LogP contribution in [0.25, 0.3) is 0 Å². The highest BCUT2D eigenvalue weighted by molar-refractivity contribution is 6.00. The van der Waals surface area contributed by atoms with Crippen LogP contribution in [0.5, 0.6) is 0 Å². The second-order valence-corrected chi connectivity index (χ2v) is 9.04. The van der Waals surface area contributed by atoms with Gasteiger partial charge >= 0.3 is 11.9 Å². The smallest absolute Gasteiger partial charge is 0.328 e. The highest BCUT2D eigenvalue weighted by Gasteiger charge is 2.54. The predicted molar refractivity (Wildman–Crippen MR) is 110 cm³/mol. The Balaban J connectivity index is 0.000000221. The number of nitrogens with one attached hydrogen (secondary N) is 1. The zero-order valence-corrected chi connectivity index (χ0v) is 16.5. The molecule has 0 radical (unpaired) electrons. The summed E-state index contributed by atoms with van der Waals surface area (Å²) in [6, 6.07) is 11.2. The van der Waals surface area contributed by atoms with E-state index >= 15 is 0 Å². The maximum atomic E-state index is 9.55. The van der Waals surface area contributed by atoms with Crippen molar-refractivity contribution in [3.63, 3.8) is 0 Å². The first-order valence-corrected chi connectivity index (χ1v) is 10.4. The molecule has 1 aromatic carbocycles. The van der Waals surface area contributed by atoms with Crippen molar-refractivity contribution >= 4 is 17.8 Å². The van der Waals surface area contributed by atoms with Gasteiger partial charge in [0.05, 0.1) is 12.6 Å². The van der Waals surface area contributed by atoms with Crippen LogP contribution in [-0.4, -0.2) is 40.6 Å². The molecule has 0 aromatic heterocycles. The fraction of sp³-hybridized carbons (Fsp3) is 0.522. The molecule has 1 atom stereocenters. The van der Waals surface area contributed by atoms with E-state index in [2.05, 4.69) is 35.6 Å². The first-order valence-electron chi connectivity index (χ1n) is 10.4. The van der Waals surface area contributed by atoms with Crippen molar-refractivity contribution in [3.8, 4) is 0 Å². The fourth-order valence-electron chi connectivity index (χ4n) is 6.30. The summed E-state index contributed by atoms with van der Waals surface area (Å²) in [5.41, 5.74) is 1.82. The molecule has 6 rings (SSSR count). The Hall–Kier alpha value is -2.63. The van der Waals surface area contributed by atoms with Crippen LogP contribution in [0.15, 0.2) is 47.5 Å². The average molecular weight is 396 g/mol. The van der Waals surface area contributed by atoms with Crippen LogP contribution in [-0.2, 0) is 9.59 Å². The Morgan fingerprint density at radius 3 is 1.93 bits per heavy atom. The Morgan fingerprint density at radius 1 is 0.931 bits per heavy atom. The number of carbonyl (C=O) groups is 2. The lowest BCUT2D eigenvalue weighted by Crippen LogP contribution is -2.56. The van der Waals surface area contributed by atoms with E-state index in [-0.39, 0.29) is 0 Å². The van der Waals surface area contributed by atoms with Crippen molar-refractivity contribution in [2.45, 2.75) is 44.6 Å². The molecule has 0 amide bonds.